The van der Waals surface area contributed by atoms with Gasteiger partial charge in [0.25, 0.3) is 0 Å². The molecule has 0 aromatic carbocycles. The predicted octanol–water partition coefficient (Wildman–Crippen LogP) is 1.07. The van der Waals surface area contributed by atoms with Crippen molar-refractivity contribution in [1.82, 2.24) is 20.9 Å². The van der Waals surface area contributed by atoms with Gasteiger partial charge < -0.3 is 16.0 Å². The van der Waals surface area contributed by atoms with Gasteiger partial charge in [-0.25, -0.2) is 9.78 Å². The maximum atomic E-state index is 11.8. The van der Waals surface area contributed by atoms with Gasteiger partial charge in [0.15, 0.2) is 0 Å². The molecule has 2 unspecified atom stereocenters. The van der Waals surface area contributed by atoms with Gasteiger partial charge in [-0.15, -0.1) is 11.3 Å². The van der Waals surface area contributed by atoms with Crippen LogP contribution in [0.3, 0.4) is 0 Å². The first kappa shape index (κ1) is 15.8. The van der Waals surface area contributed by atoms with Crippen LogP contribution in [0.5, 0.6) is 0 Å². The van der Waals surface area contributed by atoms with Crippen molar-refractivity contribution in [1.29, 1.82) is 0 Å². The molecule has 0 aliphatic carbocycles. The van der Waals surface area contributed by atoms with E-state index < -0.39 is 6.04 Å². The Labute approximate surface area is 128 Å². The number of urea groups is 1. The Morgan fingerprint density at radius 1 is 1.57 bits per heavy atom. The first-order valence-corrected chi connectivity index (χ1v) is 8.17. The van der Waals surface area contributed by atoms with Crippen LogP contribution in [0.2, 0.25) is 0 Å². The summed E-state index contributed by atoms with van der Waals surface area (Å²) in [7, 11) is 0. The van der Waals surface area contributed by atoms with E-state index in [1.807, 2.05) is 13.1 Å². The van der Waals surface area contributed by atoms with Crippen molar-refractivity contribution in [3.8, 4) is 0 Å². The lowest BCUT2D eigenvalue weighted by molar-refractivity contribution is -0.125. The van der Waals surface area contributed by atoms with Crippen molar-refractivity contribution >= 4 is 23.3 Å². The van der Waals surface area contributed by atoms with Crippen molar-refractivity contribution in [2.75, 3.05) is 13.1 Å². The number of aryl methyl sites for hydroxylation is 1. The molecule has 0 spiro atoms. The van der Waals surface area contributed by atoms with E-state index in [2.05, 4.69) is 27.9 Å². The van der Waals surface area contributed by atoms with Gasteiger partial charge in [-0.3, -0.25) is 4.79 Å². The average Bonchev–Trinajstić information content (AvgIpc) is 2.91. The minimum Gasteiger partial charge on any atom is -0.354 e. The fourth-order valence-corrected chi connectivity index (χ4v) is 3.13. The van der Waals surface area contributed by atoms with E-state index in [4.69, 9.17) is 0 Å². The Balaban J connectivity index is 1.73. The minimum absolute atomic E-state index is 0.101. The topological polar surface area (TPSA) is 83.1 Å². The molecule has 1 saturated heterocycles. The lowest BCUT2D eigenvalue weighted by Crippen LogP contribution is -2.56. The molecule has 1 aliphatic rings. The fourth-order valence-electron chi connectivity index (χ4n) is 2.27. The standard InChI is InChI=1S/C14H22N4O2S/c1-3-10-8-17-11(21-10)5-7-16-14(20)18-12-9(2)4-6-15-13(12)19/h8-9,12H,3-7H2,1-2H3,(H,15,19)(H2,16,18,20). The van der Waals surface area contributed by atoms with Gasteiger partial charge in [0.05, 0.1) is 5.01 Å². The molecule has 1 aromatic heterocycles. The van der Waals surface area contributed by atoms with Crippen LogP contribution >= 0.6 is 11.3 Å². The minimum atomic E-state index is -0.440. The third-order valence-electron chi connectivity index (χ3n) is 3.61. The molecule has 21 heavy (non-hydrogen) atoms. The highest BCUT2D eigenvalue weighted by Crippen LogP contribution is 2.13. The van der Waals surface area contributed by atoms with Crippen LogP contribution in [0.15, 0.2) is 6.20 Å². The number of thiazole rings is 1. The number of nitrogens with zero attached hydrogens (tertiary/aromatic N) is 1. The van der Waals surface area contributed by atoms with Gasteiger partial charge >= 0.3 is 6.03 Å². The smallest absolute Gasteiger partial charge is 0.315 e. The van der Waals surface area contributed by atoms with Crippen molar-refractivity contribution < 1.29 is 9.59 Å². The molecule has 7 heteroatoms. The first-order chi connectivity index (χ1) is 10.1. The summed E-state index contributed by atoms with van der Waals surface area (Å²) >= 11 is 1.67. The average molecular weight is 310 g/mol. The molecule has 116 valence electrons. The molecular formula is C14H22N4O2S. The monoisotopic (exact) mass is 310 g/mol. The number of aromatic nitrogens is 1. The molecule has 3 amide bonds. The third-order valence-corrected chi connectivity index (χ3v) is 4.81. The molecule has 1 aromatic rings. The van der Waals surface area contributed by atoms with E-state index in [-0.39, 0.29) is 17.9 Å². The molecule has 2 heterocycles. The third kappa shape index (κ3) is 4.42. The maximum absolute atomic E-state index is 11.8. The molecule has 1 aliphatic heterocycles. The fraction of sp³-hybridized carbons (Fsp3) is 0.643. The maximum Gasteiger partial charge on any atom is 0.315 e. The quantitative estimate of drug-likeness (QED) is 0.761. The van der Waals surface area contributed by atoms with Crippen LogP contribution < -0.4 is 16.0 Å². The Morgan fingerprint density at radius 3 is 3.05 bits per heavy atom. The Bertz CT molecular complexity index is 503. The number of hydrogen-bond donors (Lipinski definition) is 3. The summed E-state index contributed by atoms with van der Waals surface area (Å²) < 4.78 is 0. The second kappa shape index (κ2) is 7.40. The van der Waals surface area contributed by atoms with Gasteiger partial charge in [0, 0.05) is 30.6 Å². The molecule has 0 bridgehead atoms. The van der Waals surface area contributed by atoms with Crippen LogP contribution in [0.25, 0.3) is 0 Å². The number of amides is 3. The van der Waals surface area contributed by atoms with Crippen molar-refractivity contribution in [3.05, 3.63) is 16.1 Å². The van der Waals surface area contributed by atoms with E-state index in [9.17, 15) is 9.59 Å². The largest absolute Gasteiger partial charge is 0.354 e. The van der Waals surface area contributed by atoms with E-state index in [1.54, 1.807) is 11.3 Å². The summed E-state index contributed by atoms with van der Waals surface area (Å²) in [5, 5.41) is 9.32. The molecule has 3 N–H and O–H groups in total. The second-order valence-electron chi connectivity index (χ2n) is 5.26. The zero-order valence-corrected chi connectivity index (χ0v) is 13.3. The summed E-state index contributed by atoms with van der Waals surface area (Å²) in [4.78, 5) is 29.1. The Kier molecular flexibility index (Phi) is 5.55. The van der Waals surface area contributed by atoms with Gasteiger partial charge in [-0.2, -0.15) is 0 Å². The Morgan fingerprint density at radius 2 is 2.38 bits per heavy atom. The van der Waals surface area contributed by atoms with Crippen LogP contribution in [0, 0.1) is 5.92 Å². The molecule has 1 fully saturated rings. The van der Waals surface area contributed by atoms with Crippen molar-refractivity contribution in [2.24, 2.45) is 5.92 Å². The number of piperidine rings is 1. The summed E-state index contributed by atoms with van der Waals surface area (Å²) in [5.74, 6) is 0.0620. The van der Waals surface area contributed by atoms with E-state index >= 15 is 0 Å². The number of rotatable bonds is 5. The predicted molar refractivity (Wildman–Crippen MR) is 82.3 cm³/mol. The van der Waals surface area contributed by atoms with Crippen LogP contribution in [0.1, 0.15) is 30.2 Å². The highest BCUT2D eigenvalue weighted by atomic mass is 32.1. The van der Waals surface area contributed by atoms with Gasteiger partial charge in [0.2, 0.25) is 5.91 Å². The number of nitrogens with one attached hydrogen (secondary N) is 3. The molecule has 2 rings (SSSR count). The SMILES string of the molecule is CCc1cnc(CCNC(=O)NC2C(=O)NCCC2C)s1. The summed E-state index contributed by atoms with van der Waals surface area (Å²) in [6.07, 6.45) is 4.47. The normalized spacial score (nSPS) is 21.7. The van der Waals surface area contributed by atoms with Gasteiger partial charge in [-0.05, 0) is 18.8 Å². The number of carbonyl (C=O) groups excluding carboxylic acids is 2. The molecule has 0 radical (unpaired) electrons. The lowest BCUT2D eigenvalue weighted by Gasteiger charge is -2.28. The highest BCUT2D eigenvalue weighted by Gasteiger charge is 2.29. The van der Waals surface area contributed by atoms with Crippen molar-refractivity contribution in [2.45, 2.75) is 39.2 Å². The molecule has 6 nitrogen and oxygen atoms in total. The van der Waals surface area contributed by atoms with Gasteiger partial charge in [0.1, 0.15) is 6.04 Å². The number of hydrogen-bond acceptors (Lipinski definition) is 4. The molecule has 0 saturated carbocycles. The lowest BCUT2D eigenvalue weighted by atomic mass is 9.94. The van der Waals surface area contributed by atoms with Crippen LogP contribution in [0.4, 0.5) is 4.79 Å². The summed E-state index contributed by atoms with van der Waals surface area (Å²) in [6, 6.07) is -0.735. The summed E-state index contributed by atoms with van der Waals surface area (Å²) in [6.45, 7) is 5.28. The highest BCUT2D eigenvalue weighted by molar-refractivity contribution is 7.11. The summed E-state index contributed by atoms with van der Waals surface area (Å²) in [5.41, 5.74) is 0. The van der Waals surface area contributed by atoms with Crippen LogP contribution in [-0.4, -0.2) is 36.1 Å². The molecular weight excluding hydrogens is 288 g/mol. The Hall–Kier alpha value is -1.63. The first-order valence-electron chi connectivity index (χ1n) is 7.35. The van der Waals surface area contributed by atoms with E-state index in [0.717, 1.165) is 17.8 Å². The number of carbonyl (C=O) groups is 2. The van der Waals surface area contributed by atoms with E-state index in [0.29, 0.717) is 19.5 Å². The van der Waals surface area contributed by atoms with E-state index in [1.165, 1.54) is 4.88 Å². The zero-order valence-electron chi connectivity index (χ0n) is 12.4. The van der Waals surface area contributed by atoms with Crippen molar-refractivity contribution in [3.63, 3.8) is 0 Å². The molecule has 2 atom stereocenters. The van der Waals surface area contributed by atoms with Gasteiger partial charge in [-0.1, -0.05) is 13.8 Å². The zero-order chi connectivity index (χ0) is 15.2. The van der Waals surface area contributed by atoms with Crippen LogP contribution in [-0.2, 0) is 17.6 Å². The second-order valence-corrected chi connectivity index (χ2v) is 6.46.